The van der Waals surface area contributed by atoms with Crippen molar-refractivity contribution in [3.63, 3.8) is 0 Å². The summed E-state index contributed by atoms with van der Waals surface area (Å²) in [6.07, 6.45) is 3.49. The molecule has 0 saturated carbocycles. The lowest BCUT2D eigenvalue weighted by molar-refractivity contribution is 0.0690. The van der Waals surface area contributed by atoms with Crippen LogP contribution in [-0.4, -0.2) is 43.5 Å². The minimum atomic E-state index is -1.17. The van der Waals surface area contributed by atoms with E-state index in [1.807, 2.05) is 0 Å². The van der Waals surface area contributed by atoms with Gasteiger partial charge >= 0.3 is 5.97 Å². The Labute approximate surface area is 112 Å². The molecule has 1 amide bonds. The van der Waals surface area contributed by atoms with E-state index in [0.717, 1.165) is 12.3 Å². The Balaban J connectivity index is 1.86. The highest BCUT2D eigenvalue weighted by atomic mass is 19.1. The van der Waals surface area contributed by atoms with E-state index >= 15 is 0 Å². The summed E-state index contributed by atoms with van der Waals surface area (Å²) in [5.74, 6) is -2.25. The highest BCUT2D eigenvalue weighted by Crippen LogP contribution is 2.00. The van der Waals surface area contributed by atoms with Crippen molar-refractivity contribution in [1.82, 2.24) is 25.3 Å². The first-order valence-electron chi connectivity index (χ1n) is 5.58. The first kappa shape index (κ1) is 13.6. The molecule has 20 heavy (non-hydrogen) atoms. The normalized spacial score (nSPS) is 10.2. The average Bonchev–Trinajstić information content (AvgIpc) is 2.87. The van der Waals surface area contributed by atoms with Crippen molar-refractivity contribution >= 4 is 11.9 Å². The van der Waals surface area contributed by atoms with Crippen LogP contribution in [0.2, 0.25) is 0 Å². The van der Waals surface area contributed by atoms with Crippen LogP contribution in [0.4, 0.5) is 4.39 Å². The van der Waals surface area contributed by atoms with E-state index in [1.54, 1.807) is 0 Å². The topological polar surface area (TPSA) is 110 Å². The van der Waals surface area contributed by atoms with Gasteiger partial charge in [0.15, 0.2) is 5.69 Å². The Morgan fingerprint density at radius 3 is 2.85 bits per heavy atom. The number of carbonyl (C=O) groups excluding carboxylic acids is 1. The molecule has 2 N–H and O–H groups in total. The molecule has 9 heteroatoms. The summed E-state index contributed by atoms with van der Waals surface area (Å²) in [6.45, 7) is 0.437. The SMILES string of the molecule is O=C(NCCn1cc(C(=O)O)nn1)c1cncc(F)c1. The fourth-order valence-corrected chi connectivity index (χ4v) is 1.43. The maximum absolute atomic E-state index is 12.9. The second-order valence-electron chi connectivity index (χ2n) is 3.82. The summed E-state index contributed by atoms with van der Waals surface area (Å²) in [7, 11) is 0. The van der Waals surface area contributed by atoms with Crippen molar-refractivity contribution in [2.75, 3.05) is 6.54 Å². The third-order valence-corrected chi connectivity index (χ3v) is 2.35. The lowest BCUT2D eigenvalue weighted by atomic mass is 10.2. The molecule has 2 heterocycles. The fraction of sp³-hybridized carbons (Fsp3) is 0.182. The molecule has 2 aromatic rings. The number of carboxylic acids is 1. The van der Waals surface area contributed by atoms with E-state index < -0.39 is 17.7 Å². The maximum Gasteiger partial charge on any atom is 0.358 e. The molecule has 0 radical (unpaired) electrons. The Morgan fingerprint density at radius 1 is 1.40 bits per heavy atom. The molecule has 2 aromatic heterocycles. The quantitative estimate of drug-likeness (QED) is 0.793. The first-order chi connectivity index (χ1) is 9.56. The molecule has 0 saturated heterocycles. The molecular formula is C11H10FN5O3. The van der Waals surface area contributed by atoms with Gasteiger partial charge in [-0.05, 0) is 6.07 Å². The van der Waals surface area contributed by atoms with Gasteiger partial charge in [-0.25, -0.2) is 13.9 Å². The molecule has 0 bridgehead atoms. The third kappa shape index (κ3) is 3.34. The highest BCUT2D eigenvalue weighted by molar-refractivity contribution is 5.93. The predicted octanol–water partition coefficient (Wildman–Crippen LogP) is -0.0596. The van der Waals surface area contributed by atoms with E-state index in [-0.39, 0.29) is 24.3 Å². The Kier molecular flexibility index (Phi) is 3.99. The molecule has 0 unspecified atom stereocenters. The molecule has 0 atom stereocenters. The first-order valence-corrected chi connectivity index (χ1v) is 5.58. The number of carboxylic acid groups (broad SMARTS) is 1. The van der Waals surface area contributed by atoms with Crippen LogP contribution in [0.15, 0.2) is 24.7 Å². The molecule has 0 fully saturated rings. The van der Waals surface area contributed by atoms with Gasteiger partial charge in [-0.2, -0.15) is 0 Å². The van der Waals surface area contributed by atoms with Crippen LogP contribution in [0.1, 0.15) is 20.8 Å². The van der Waals surface area contributed by atoms with Crippen LogP contribution in [-0.2, 0) is 6.54 Å². The molecule has 0 aliphatic carbocycles. The molecule has 0 aliphatic rings. The van der Waals surface area contributed by atoms with Gasteiger partial charge in [0.1, 0.15) is 5.82 Å². The number of carbonyl (C=O) groups is 2. The number of amides is 1. The number of nitrogens with zero attached hydrogens (tertiary/aromatic N) is 4. The smallest absolute Gasteiger partial charge is 0.358 e. The van der Waals surface area contributed by atoms with Gasteiger partial charge in [0.05, 0.1) is 24.5 Å². The summed E-state index contributed by atoms with van der Waals surface area (Å²) >= 11 is 0. The van der Waals surface area contributed by atoms with Gasteiger partial charge in [-0.15, -0.1) is 5.10 Å². The van der Waals surface area contributed by atoms with E-state index in [1.165, 1.54) is 17.1 Å². The molecule has 8 nitrogen and oxygen atoms in total. The van der Waals surface area contributed by atoms with Crippen molar-refractivity contribution in [3.8, 4) is 0 Å². The second-order valence-corrected chi connectivity index (χ2v) is 3.82. The number of aromatic nitrogens is 4. The summed E-state index contributed by atoms with van der Waals surface area (Å²) in [4.78, 5) is 25.8. The summed E-state index contributed by atoms with van der Waals surface area (Å²) in [5.41, 5.74) is -0.0690. The van der Waals surface area contributed by atoms with Crippen molar-refractivity contribution < 1.29 is 19.1 Å². The van der Waals surface area contributed by atoms with E-state index in [4.69, 9.17) is 5.11 Å². The standard InChI is InChI=1S/C11H10FN5O3/c12-8-3-7(4-13-5-8)10(18)14-1-2-17-6-9(11(19)20)15-16-17/h3-6H,1-2H2,(H,14,18)(H,19,20). The van der Waals surface area contributed by atoms with Crippen LogP contribution in [0, 0.1) is 5.82 Å². The average molecular weight is 279 g/mol. The van der Waals surface area contributed by atoms with E-state index in [2.05, 4.69) is 20.6 Å². The molecule has 104 valence electrons. The minimum absolute atomic E-state index is 0.106. The largest absolute Gasteiger partial charge is 0.476 e. The zero-order chi connectivity index (χ0) is 14.5. The molecule has 2 rings (SSSR count). The summed E-state index contributed by atoms with van der Waals surface area (Å²) < 4.78 is 14.2. The third-order valence-electron chi connectivity index (χ3n) is 2.35. The van der Waals surface area contributed by atoms with Crippen molar-refractivity contribution in [2.24, 2.45) is 0 Å². The van der Waals surface area contributed by atoms with Crippen molar-refractivity contribution in [3.05, 3.63) is 41.7 Å². The Bertz CT molecular complexity index is 642. The fourth-order valence-electron chi connectivity index (χ4n) is 1.43. The number of rotatable bonds is 5. The number of nitrogens with one attached hydrogen (secondary N) is 1. The zero-order valence-corrected chi connectivity index (χ0v) is 10.2. The Morgan fingerprint density at radius 2 is 2.20 bits per heavy atom. The van der Waals surface area contributed by atoms with Gasteiger partial charge in [0.25, 0.3) is 5.91 Å². The highest BCUT2D eigenvalue weighted by Gasteiger charge is 2.09. The molecule has 0 aromatic carbocycles. The minimum Gasteiger partial charge on any atom is -0.476 e. The predicted molar refractivity (Wildman–Crippen MR) is 63.5 cm³/mol. The van der Waals surface area contributed by atoms with Crippen LogP contribution in [0.3, 0.4) is 0 Å². The van der Waals surface area contributed by atoms with Crippen molar-refractivity contribution in [2.45, 2.75) is 6.54 Å². The summed E-state index contributed by atoms with van der Waals surface area (Å²) in [6, 6.07) is 1.07. The van der Waals surface area contributed by atoms with Crippen LogP contribution >= 0.6 is 0 Å². The number of halogens is 1. The second kappa shape index (κ2) is 5.87. The van der Waals surface area contributed by atoms with Gasteiger partial charge in [-0.1, -0.05) is 5.21 Å². The summed E-state index contributed by atoms with van der Waals surface area (Å²) in [5, 5.41) is 18.2. The van der Waals surface area contributed by atoms with Gasteiger partial charge in [-0.3, -0.25) is 9.78 Å². The van der Waals surface area contributed by atoms with E-state index in [0.29, 0.717) is 0 Å². The lowest BCUT2D eigenvalue weighted by Crippen LogP contribution is -2.27. The zero-order valence-electron chi connectivity index (χ0n) is 10.2. The maximum atomic E-state index is 12.9. The number of hydrogen-bond donors (Lipinski definition) is 2. The molecular weight excluding hydrogens is 269 g/mol. The van der Waals surface area contributed by atoms with Gasteiger partial charge < -0.3 is 10.4 Å². The monoisotopic (exact) mass is 279 g/mol. The van der Waals surface area contributed by atoms with Crippen LogP contribution < -0.4 is 5.32 Å². The van der Waals surface area contributed by atoms with Gasteiger partial charge in [0.2, 0.25) is 0 Å². The number of pyridine rings is 1. The molecule has 0 spiro atoms. The number of aromatic carboxylic acids is 1. The van der Waals surface area contributed by atoms with Crippen LogP contribution in [0.5, 0.6) is 0 Å². The van der Waals surface area contributed by atoms with Crippen LogP contribution in [0.25, 0.3) is 0 Å². The number of hydrogen-bond acceptors (Lipinski definition) is 5. The van der Waals surface area contributed by atoms with E-state index in [9.17, 15) is 14.0 Å². The molecule has 0 aliphatic heterocycles. The Hall–Kier alpha value is -2.84. The van der Waals surface area contributed by atoms with Gasteiger partial charge in [0, 0.05) is 12.7 Å². The van der Waals surface area contributed by atoms with Crippen molar-refractivity contribution in [1.29, 1.82) is 0 Å². The lowest BCUT2D eigenvalue weighted by Gasteiger charge is -2.04.